The zero-order valence-corrected chi connectivity index (χ0v) is 12.9. The predicted octanol–water partition coefficient (Wildman–Crippen LogP) is 4.93. The van der Waals surface area contributed by atoms with Gasteiger partial charge in [-0.05, 0) is 50.2 Å². The zero-order valence-electron chi connectivity index (χ0n) is 12.1. The SMILES string of the molecule is CCc1ccc(C(C)NCC2(CC)CCCC2)s1. The largest absolute Gasteiger partial charge is 0.309 e. The van der Waals surface area contributed by atoms with Gasteiger partial charge in [0.15, 0.2) is 0 Å². The molecule has 102 valence electrons. The van der Waals surface area contributed by atoms with E-state index in [4.69, 9.17) is 0 Å². The molecule has 1 fully saturated rings. The van der Waals surface area contributed by atoms with Crippen LogP contribution >= 0.6 is 11.3 Å². The maximum atomic E-state index is 3.78. The lowest BCUT2D eigenvalue weighted by atomic mass is 9.83. The van der Waals surface area contributed by atoms with Crippen molar-refractivity contribution in [1.82, 2.24) is 5.32 Å². The van der Waals surface area contributed by atoms with E-state index in [-0.39, 0.29) is 0 Å². The van der Waals surface area contributed by atoms with Crippen LogP contribution in [-0.2, 0) is 6.42 Å². The molecule has 1 nitrogen and oxygen atoms in total. The number of hydrogen-bond donors (Lipinski definition) is 1. The highest BCUT2D eigenvalue weighted by atomic mass is 32.1. The Balaban J connectivity index is 1.89. The van der Waals surface area contributed by atoms with Crippen molar-refractivity contribution in [3.63, 3.8) is 0 Å². The van der Waals surface area contributed by atoms with Gasteiger partial charge in [-0.25, -0.2) is 0 Å². The molecule has 1 aliphatic rings. The van der Waals surface area contributed by atoms with Crippen LogP contribution in [0.15, 0.2) is 12.1 Å². The molecule has 1 saturated carbocycles. The van der Waals surface area contributed by atoms with Crippen LogP contribution in [0.4, 0.5) is 0 Å². The van der Waals surface area contributed by atoms with Crippen LogP contribution in [0.2, 0.25) is 0 Å². The van der Waals surface area contributed by atoms with Crippen LogP contribution in [0.5, 0.6) is 0 Å². The maximum absolute atomic E-state index is 3.78. The summed E-state index contributed by atoms with van der Waals surface area (Å²) in [6.45, 7) is 8.10. The molecule has 1 N–H and O–H groups in total. The lowest BCUT2D eigenvalue weighted by Gasteiger charge is -2.29. The van der Waals surface area contributed by atoms with Gasteiger partial charge < -0.3 is 5.32 Å². The van der Waals surface area contributed by atoms with Crippen LogP contribution in [-0.4, -0.2) is 6.54 Å². The molecule has 1 aromatic heterocycles. The Bertz CT molecular complexity index is 363. The molecule has 2 rings (SSSR count). The van der Waals surface area contributed by atoms with Crippen molar-refractivity contribution in [2.24, 2.45) is 5.41 Å². The minimum atomic E-state index is 0.513. The molecule has 2 heteroatoms. The smallest absolute Gasteiger partial charge is 0.0386 e. The molecule has 0 radical (unpaired) electrons. The van der Waals surface area contributed by atoms with Gasteiger partial charge in [0.25, 0.3) is 0 Å². The number of aryl methyl sites for hydroxylation is 1. The first kappa shape index (κ1) is 14.1. The molecule has 0 saturated heterocycles. The molecule has 1 unspecified atom stereocenters. The van der Waals surface area contributed by atoms with Crippen molar-refractivity contribution in [3.05, 3.63) is 21.9 Å². The van der Waals surface area contributed by atoms with Crippen LogP contribution in [0.25, 0.3) is 0 Å². The minimum Gasteiger partial charge on any atom is -0.309 e. The summed E-state index contributed by atoms with van der Waals surface area (Å²) in [6.07, 6.45) is 8.21. The highest BCUT2D eigenvalue weighted by Crippen LogP contribution is 2.40. The second kappa shape index (κ2) is 6.21. The van der Waals surface area contributed by atoms with Crippen molar-refractivity contribution >= 4 is 11.3 Å². The van der Waals surface area contributed by atoms with E-state index in [1.54, 1.807) is 0 Å². The van der Waals surface area contributed by atoms with E-state index < -0.39 is 0 Å². The van der Waals surface area contributed by atoms with Crippen LogP contribution in [0, 0.1) is 5.41 Å². The topological polar surface area (TPSA) is 12.0 Å². The van der Waals surface area contributed by atoms with Crippen LogP contribution < -0.4 is 5.32 Å². The fourth-order valence-electron chi connectivity index (χ4n) is 3.07. The molecule has 18 heavy (non-hydrogen) atoms. The first-order valence-corrected chi connectivity index (χ1v) is 8.33. The Morgan fingerprint density at radius 2 is 2.00 bits per heavy atom. The average Bonchev–Trinajstić information content (AvgIpc) is 3.05. The molecular weight excluding hydrogens is 238 g/mol. The Hall–Kier alpha value is -0.340. The Morgan fingerprint density at radius 1 is 1.28 bits per heavy atom. The van der Waals surface area contributed by atoms with E-state index >= 15 is 0 Å². The number of rotatable bonds is 6. The average molecular weight is 265 g/mol. The van der Waals surface area contributed by atoms with Crippen molar-refractivity contribution < 1.29 is 0 Å². The summed E-state index contributed by atoms with van der Waals surface area (Å²) < 4.78 is 0. The highest BCUT2D eigenvalue weighted by molar-refractivity contribution is 7.12. The summed E-state index contributed by atoms with van der Waals surface area (Å²) in [5.41, 5.74) is 0.596. The first-order chi connectivity index (χ1) is 8.69. The molecular formula is C16H27NS. The lowest BCUT2D eigenvalue weighted by molar-refractivity contribution is 0.259. The van der Waals surface area contributed by atoms with Gasteiger partial charge in [0, 0.05) is 22.3 Å². The van der Waals surface area contributed by atoms with Crippen LogP contribution in [0.1, 0.15) is 68.7 Å². The molecule has 0 bridgehead atoms. The van der Waals surface area contributed by atoms with E-state index in [9.17, 15) is 0 Å². The van der Waals surface area contributed by atoms with Crippen molar-refractivity contribution in [1.29, 1.82) is 0 Å². The van der Waals surface area contributed by atoms with Gasteiger partial charge in [0.2, 0.25) is 0 Å². The Morgan fingerprint density at radius 3 is 2.56 bits per heavy atom. The fraction of sp³-hybridized carbons (Fsp3) is 0.750. The number of nitrogens with one attached hydrogen (secondary N) is 1. The molecule has 1 atom stereocenters. The van der Waals surface area contributed by atoms with Gasteiger partial charge in [0.1, 0.15) is 0 Å². The molecule has 0 aliphatic heterocycles. The predicted molar refractivity (Wildman–Crippen MR) is 81.3 cm³/mol. The second-order valence-corrected chi connectivity index (χ2v) is 7.02. The van der Waals surface area contributed by atoms with Gasteiger partial charge in [-0.15, -0.1) is 11.3 Å². The molecule has 1 heterocycles. The lowest BCUT2D eigenvalue weighted by Crippen LogP contribution is -2.33. The number of thiophene rings is 1. The standard InChI is InChI=1S/C16H27NS/c1-4-14-8-9-15(18-14)13(3)17-12-16(5-2)10-6-7-11-16/h8-9,13,17H,4-7,10-12H2,1-3H3. The van der Waals surface area contributed by atoms with Crippen LogP contribution in [0.3, 0.4) is 0 Å². The van der Waals surface area contributed by atoms with Gasteiger partial charge in [-0.3, -0.25) is 0 Å². The van der Waals surface area contributed by atoms with Gasteiger partial charge >= 0.3 is 0 Å². The van der Waals surface area contributed by atoms with E-state index in [2.05, 4.69) is 38.2 Å². The van der Waals surface area contributed by atoms with E-state index in [1.165, 1.54) is 48.4 Å². The van der Waals surface area contributed by atoms with Crippen molar-refractivity contribution in [2.45, 2.75) is 65.3 Å². The van der Waals surface area contributed by atoms with Crippen molar-refractivity contribution in [3.8, 4) is 0 Å². The van der Waals surface area contributed by atoms with Gasteiger partial charge in [0.05, 0.1) is 0 Å². The summed E-state index contributed by atoms with van der Waals surface area (Å²) in [7, 11) is 0. The van der Waals surface area contributed by atoms with E-state index in [0.717, 1.165) is 6.42 Å². The van der Waals surface area contributed by atoms with E-state index in [0.29, 0.717) is 11.5 Å². The monoisotopic (exact) mass is 265 g/mol. The van der Waals surface area contributed by atoms with E-state index in [1.807, 2.05) is 11.3 Å². The molecule has 0 spiro atoms. The normalized spacial score (nSPS) is 20.2. The molecule has 1 aliphatic carbocycles. The minimum absolute atomic E-state index is 0.513. The third-order valence-electron chi connectivity index (χ3n) is 4.66. The zero-order chi connectivity index (χ0) is 13.0. The summed E-state index contributed by atoms with van der Waals surface area (Å²) in [5.74, 6) is 0. The number of hydrogen-bond acceptors (Lipinski definition) is 2. The molecule has 0 aromatic carbocycles. The summed E-state index contributed by atoms with van der Waals surface area (Å²) in [6, 6.07) is 5.09. The summed E-state index contributed by atoms with van der Waals surface area (Å²) in [5, 5.41) is 3.78. The maximum Gasteiger partial charge on any atom is 0.0386 e. The van der Waals surface area contributed by atoms with Gasteiger partial charge in [-0.1, -0.05) is 26.7 Å². The summed E-state index contributed by atoms with van der Waals surface area (Å²) >= 11 is 1.97. The third-order valence-corrected chi connectivity index (χ3v) is 6.07. The fourth-order valence-corrected chi connectivity index (χ4v) is 4.05. The Labute approximate surface area is 116 Å². The quantitative estimate of drug-likeness (QED) is 0.769. The first-order valence-electron chi connectivity index (χ1n) is 7.51. The third kappa shape index (κ3) is 3.16. The summed E-state index contributed by atoms with van der Waals surface area (Å²) in [4.78, 5) is 3.00. The highest BCUT2D eigenvalue weighted by Gasteiger charge is 2.31. The second-order valence-electron chi connectivity index (χ2n) is 5.82. The molecule has 1 aromatic rings. The van der Waals surface area contributed by atoms with Crippen molar-refractivity contribution in [2.75, 3.05) is 6.54 Å². The molecule has 0 amide bonds. The Kier molecular flexibility index (Phi) is 4.85. The van der Waals surface area contributed by atoms with Gasteiger partial charge in [-0.2, -0.15) is 0 Å².